The second kappa shape index (κ2) is 8.85. The highest BCUT2D eigenvalue weighted by Gasteiger charge is 2.71. The zero-order valence-corrected chi connectivity index (χ0v) is 21.6. The van der Waals surface area contributed by atoms with Crippen LogP contribution in [0.2, 0.25) is 0 Å². The molecule has 5 nitrogen and oxygen atoms in total. The maximum atomic E-state index is 15.8. The summed E-state index contributed by atoms with van der Waals surface area (Å²) in [7, 11) is 1.52. The second-order valence-corrected chi connectivity index (χ2v) is 10.4. The van der Waals surface area contributed by atoms with Crippen LogP contribution >= 0.6 is 0 Å². The van der Waals surface area contributed by atoms with Gasteiger partial charge in [0.15, 0.2) is 17.3 Å². The highest BCUT2D eigenvalue weighted by molar-refractivity contribution is 6.32. The number of carbonyl (C=O) groups is 3. The fraction of sp³-hybridized carbons (Fsp3) is 0.147. The third-order valence-electron chi connectivity index (χ3n) is 8.58. The normalized spacial score (nSPS) is 21.8. The lowest BCUT2D eigenvalue weighted by molar-refractivity contribution is 0.0664. The molecule has 7 rings (SSSR count). The Labute approximate surface area is 230 Å². The number of halogens is 1. The summed E-state index contributed by atoms with van der Waals surface area (Å²) < 4.78 is 21.2. The third-order valence-corrected chi connectivity index (χ3v) is 8.58. The summed E-state index contributed by atoms with van der Waals surface area (Å²) in [6.45, 7) is 0. The molecule has 2 heterocycles. The molecule has 0 unspecified atom stereocenters. The van der Waals surface area contributed by atoms with Crippen molar-refractivity contribution < 1.29 is 23.5 Å². The van der Waals surface area contributed by atoms with Crippen molar-refractivity contribution in [3.63, 3.8) is 0 Å². The van der Waals surface area contributed by atoms with Crippen molar-refractivity contribution in [3.05, 3.63) is 137 Å². The summed E-state index contributed by atoms with van der Waals surface area (Å²) >= 11 is 0. The van der Waals surface area contributed by atoms with Gasteiger partial charge < -0.3 is 9.64 Å². The van der Waals surface area contributed by atoms with E-state index >= 15 is 4.39 Å². The molecule has 1 aliphatic carbocycles. The first-order valence-corrected chi connectivity index (χ1v) is 13.2. The lowest BCUT2D eigenvalue weighted by Gasteiger charge is -2.37. The number of benzene rings is 4. The van der Waals surface area contributed by atoms with Gasteiger partial charge >= 0.3 is 0 Å². The molecule has 4 aromatic carbocycles. The zero-order valence-electron chi connectivity index (χ0n) is 21.6. The minimum absolute atomic E-state index is 0.165. The lowest BCUT2D eigenvalue weighted by Crippen LogP contribution is -2.48. The van der Waals surface area contributed by atoms with Gasteiger partial charge in [0.1, 0.15) is 23.0 Å². The number of fused-ring (bicyclic) bond motifs is 5. The van der Waals surface area contributed by atoms with Crippen molar-refractivity contribution in [2.45, 2.75) is 18.0 Å². The number of carbonyl (C=O) groups excluding carboxylic acids is 3. The van der Waals surface area contributed by atoms with Gasteiger partial charge in [0.25, 0.3) is 0 Å². The Morgan fingerprint density at radius 2 is 1.52 bits per heavy atom. The molecule has 0 N–H and O–H groups in total. The lowest BCUT2D eigenvalue weighted by atomic mass is 9.64. The summed E-state index contributed by atoms with van der Waals surface area (Å²) in [6, 6.07) is 25.4. The predicted octanol–water partition coefficient (Wildman–Crippen LogP) is 6.15. The quantitative estimate of drug-likeness (QED) is 0.234. The van der Waals surface area contributed by atoms with E-state index in [1.807, 2.05) is 41.3 Å². The van der Waals surface area contributed by atoms with Crippen LogP contribution in [0.15, 0.2) is 103 Å². The monoisotopic (exact) mass is 529 g/mol. The summed E-state index contributed by atoms with van der Waals surface area (Å²) in [5.74, 6) is -2.26. The van der Waals surface area contributed by atoms with Gasteiger partial charge in [-0.3, -0.25) is 14.4 Å². The summed E-state index contributed by atoms with van der Waals surface area (Å²) in [6.07, 6.45) is 3.72. The van der Waals surface area contributed by atoms with Crippen LogP contribution in [-0.4, -0.2) is 36.5 Å². The molecule has 2 aliphatic heterocycles. The SMILES string of the molecule is COc1cccc(C(=O)[C@@H]2[C@H](c3ccccc3F)C3(C(=O)c4ccccc4C3=O)[C@H]3C=Cc4ccccc4N23)c1. The molecule has 0 amide bonds. The number of ether oxygens (including phenoxy) is 1. The summed E-state index contributed by atoms with van der Waals surface area (Å²) in [4.78, 5) is 45.6. The number of methoxy groups -OCH3 is 1. The third kappa shape index (κ3) is 3.10. The molecule has 6 heteroatoms. The molecular weight excluding hydrogens is 505 g/mol. The Balaban J connectivity index is 1.56. The van der Waals surface area contributed by atoms with E-state index in [-0.39, 0.29) is 22.9 Å². The van der Waals surface area contributed by atoms with E-state index in [0.29, 0.717) is 28.1 Å². The van der Waals surface area contributed by atoms with Crippen LogP contribution in [0.5, 0.6) is 5.75 Å². The van der Waals surface area contributed by atoms with Crippen molar-refractivity contribution >= 4 is 29.1 Å². The van der Waals surface area contributed by atoms with Crippen molar-refractivity contribution in [2.75, 3.05) is 12.0 Å². The molecule has 3 aliphatic rings. The number of ketones is 3. The van der Waals surface area contributed by atoms with Crippen LogP contribution in [0.4, 0.5) is 10.1 Å². The van der Waals surface area contributed by atoms with Gasteiger partial charge in [-0.15, -0.1) is 0 Å². The van der Waals surface area contributed by atoms with E-state index in [1.54, 1.807) is 66.7 Å². The van der Waals surface area contributed by atoms with Gasteiger partial charge in [-0.25, -0.2) is 4.39 Å². The van der Waals surface area contributed by atoms with Gasteiger partial charge in [-0.05, 0) is 35.4 Å². The number of rotatable bonds is 4. The van der Waals surface area contributed by atoms with E-state index in [4.69, 9.17) is 4.74 Å². The fourth-order valence-electron chi connectivity index (χ4n) is 6.94. The Hall–Kier alpha value is -4.84. The van der Waals surface area contributed by atoms with E-state index in [9.17, 15) is 14.4 Å². The maximum absolute atomic E-state index is 15.8. The molecule has 0 radical (unpaired) electrons. The van der Waals surface area contributed by atoms with Crippen LogP contribution in [0.3, 0.4) is 0 Å². The number of Topliss-reactive ketones (excluding diaryl/α,β-unsaturated/α-hetero) is 3. The summed E-state index contributed by atoms with van der Waals surface area (Å²) in [5.41, 5.74) is 0.941. The fourth-order valence-corrected chi connectivity index (χ4v) is 6.94. The van der Waals surface area contributed by atoms with Crippen LogP contribution < -0.4 is 9.64 Å². The van der Waals surface area contributed by atoms with Gasteiger partial charge in [0, 0.05) is 28.3 Å². The summed E-state index contributed by atoms with van der Waals surface area (Å²) in [5, 5.41) is 0. The Kier molecular flexibility index (Phi) is 5.36. The zero-order chi connectivity index (χ0) is 27.6. The maximum Gasteiger partial charge on any atom is 0.186 e. The first-order valence-electron chi connectivity index (χ1n) is 13.2. The molecule has 0 aromatic heterocycles. The topological polar surface area (TPSA) is 63.7 Å². The number of hydrogen-bond acceptors (Lipinski definition) is 5. The second-order valence-electron chi connectivity index (χ2n) is 10.4. The Morgan fingerprint density at radius 3 is 2.25 bits per heavy atom. The Bertz CT molecular complexity index is 1720. The van der Waals surface area contributed by atoms with E-state index in [1.165, 1.54) is 13.2 Å². The number of nitrogens with zero attached hydrogens (tertiary/aromatic N) is 1. The number of hydrogen-bond donors (Lipinski definition) is 0. The average molecular weight is 530 g/mol. The van der Waals surface area contributed by atoms with Gasteiger partial charge in [-0.1, -0.05) is 84.9 Å². The van der Waals surface area contributed by atoms with Crippen LogP contribution in [0.1, 0.15) is 48.1 Å². The largest absolute Gasteiger partial charge is 0.497 e. The van der Waals surface area contributed by atoms with Gasteiger partial charge in [0.2, 0.25) is 0 Å². The molecule has 196 valence electrons. The molecule has 1 fully saturated rings. The van der Waals surface area contributed by atoms with E-state index < -0.39 is 29.2 Å². The molecule has 0 saturated carbocycles. The molecule has 4 aromatic rings. The van der Waals surface area contributed by atoms with Crippen LogP contribution in [0.25, 0.3) is 6.08 Å². The van der Waals surface area contributed by atoms with Crippen molar-refractivity contribution in [2.24, 2.45) is 5.41 Å². The van der Waals surface area contributed by atoms with Crippen molar-refractivity contribution in [3.8, 4) is 5.75 Å². The van der Waals surface area contributed by atoms with Gasteiger partial charge in [-0.2, -0.15) is 0 Å². The highest BCUT2D eigenvalue weighted by Crippen LogP contribution is 2.61. The standard InChI is InChI=1S/C34H24FNO4/c1-40-22-11-8-10-21(19-22)31(37)30-29(25-14-5-6-15-26(25)35)34(32(38)23-12-3-4-13-24(23)33(34)39)28-18-17-20-9-2-7-16-27(20)36(28)30/h2-19,28-30H,1H3/t28-,29+,30+/m1/s1. The smallest absolute Gasteiger partial charge is 0.186 e. The highest BCUT2D eigenvalue weighted by atomic mass is 19.1. The molecule has 1 saturated heterocycles. The molecule has 0 bridgehead atoms. The molecular formula is C34H24FNO4. The molecule has 3 atom stereocenters. The Morgan fingerprint density at radius 1 is 0.850 bits per heavy atom. The van der Waals surface area contributed by atoms with Crippen molar-refractivity contribution in [1.29, 1.82) is 0 Å². The minimum atomic E-state index is -1.74. The number of para-hydroxylation sites is 1. The van der Waals surface area contributed by atoms with Crippen LogP contribution in [-0.2, 0) is 0 Å². The average Bonchev–Trinajstić information content (AvgIpc) is 3.43. The molecule has 40 heavy (non-hydrogen) atoms. The van der Waals surface area contributed by atoms with Crippen LogP contribution in [0, 0.1) is 11.2 Å². The van der Waals surface area contributed by atoms with Crippen molar-refractivity contribution in [1.82, 2.24) is 0 Å². The van der Waals surface area contributed by atoms with Gasteiger partial charge in [0.05, 0.1) is 13.2 Å². The predicted molar refractivity (Wildman–Crippen MR) is 150 cm³/mol. The number of anilines is 1. The minimum Gasteiger partial charge on any atom is -0.497 e. The van der Waals surface area contributed by atoms with E-state index in [2.05, 4.69) is 0 Å². The molecule has 1 spiro atoms. The first kappa shape index (κ1) is 24.2. The van der Waals surface area contributed by atoms with E-state index in [0.717, 1.165) is 5.56 Å². The first-order chi connectivity index (χ1) is 19.5.